The summed E-state index contributed by atoms with van der Waals surface area (Å²) in [7, 11) is 2.20. The molecule has 0 saturated heterocycles. The monoisotopic (exact) mass is 354 g/mol. The lowest BCUT2D eigenvalue weighted by atomic mass is 10.1. The molecular formula is C15H19IN2. The van der Waals surface area contributed by atoms with Crippen molar-refractivity contribution >= 4 is 24.0 Å². The molecule has 0 radical (unpaired) electrons. The Morgan fingerprint density at radius 1 is 1.00 bits per heavy atom. The van der Waals surface area contributed by atoms with E-state index in [-0.39, 0.29) is 24.0 Å². The normalized spacial score (nSPS) is 19.1. The number of hydrogen-bond acceptors (Lipinski definition) is 1. The van der Waals surface area contributed by atoms with Crippen LogP contribution >= 0.6 is 24.0 Å². The number of halogens is 1. The third-order valence-corrected chi connectivity index (χ3v) is 3.85. The van der Waals surface area contributed by atoms with Gasteiger partial charge in [0.25, 0.3) is 0 Å². The highest BCUT2D eigenvalue weighted by molar-refractivity contribution is 14.0. The fraction of sp³-hybridized carbons (Fsp3) is 0.333. The summed E-state index contributed by atoms with van der Waals surface area (Å²) >= 11 is 0. The van der Waals surface area contributed by atoms with Crippen molar-refractivity contribution in [3.63, 3.8) is 0 Å². The Hall–Kier alpha value is -0.810. The van der Waals surface area contributed by atoms with Crippen LogP contribution in [0, 0.1) is 0 Å². The van der Waals surface area contributed by atoms with Crippen LogP contribution in [0.4, 0.5) is 0 Å². The number of hydrogen-bond donors (Lipinski definition) is 0. The zero-order valence-corrected chi connectivity index (χ0v) is 13.2. The Bertz CT molecular complexity index is 519. The van der Waals surface area contributed by atoms with E-state index in [1.165, 1.54) is 17.0 Å². The third-order valence-electron chi connectivity index (χ3n) is 3.85. The van der Waals surface area contributed by atoms with Gasteiger partial charge in [-0.1, -0.05) is 30.3 Å². The van der Waals surface area contributed by atoms with E-state index in [4.69, 9.17) is 0 Å². The van der Waals surface area contributed by atoms with Gasteiger partial charge in [0, 0.05) is 30.5 Å². The van der Waals surface area contributed by atoms with Crippen LogP contribution in [-0.4, -0.2) is 23.1 Å². The molecule has 1 atom stereocenters. The van der Waals surface area contributed by atoms with Crippen LogP contribution in [0.3, 0.4) is 0 Å². The minimum absolute atomic E-state index is 0. The lowest BCUT2D eigenvalue weighted by Crippen LogP contribution is -2.33. The second kappa shape index (κ2) is 5.45. The molecule has 0 N–H and O–H groups in total. The van der Waals surface area contributed by atoms with Crippen LogP contribution in [0.1, 0.15) is 18.7 Å². The van der Waals surface area contributed by atoms with Gasteiger partial charge in [-0.3, -0.25) is 4.90 Å². The quantitative estimate of drug-likeness (QED) is 0.708. The summed E-state index contributed by atoms with van der Waals surface area (Å²) in [6.45, 7) is 4.50. The molecule has 0 amide bonds. The first-order chi connectivity index (χ1) is 8.27. The molecular weight excluding hydrogens is 335 g/mol. The molecule has 0 fully saturated rings. The van der Waals surface area contributed by atoms with Crippen molar-refractivity contribution in [1.82, 2.24) is 9.47 Å². The summed E-state index contributed by atoms with van der Waals surface area (Å²) < 4.78 is 2.46. The van der Waals surface area contributed by atoms with Crippen molar-refractivity contribution in [3.05, 3.63) is 48.2 Å². The topological polar surface area (TPSA) is 8.17 Å². The Balaban J connectivity index is 0.00000120. The van der Waals surface area contributed by atoms with Crippen LogP contribution in [0.2, 0.25) is 0 Å². The van der Waals surface area contributed by atoms with Gasteiger partial charge in [0.1, 0.15) is 0 Å². The first-order valence-electron chi connectivity index (χ1n) is 6.22. The summed E-state index contributed by atoms with van der Waals surface area (Å²) in [4.78, 5) is 2.41. The van der Waals surface area contributed by atoms with Gasteiger partial charge in [-0.25, -0.2) is 0 Å². The van der Waals surface area contributed by atoms with E-state index in [2.05, 4.69) is 65.9 Å². The zero-order valence-electron chi connectivity index (χ0n) is 10.8. The molecule has 18 heavy (non-hydrogen) atoms. The number of fused-ring (bicyclic) bond motifs is 1. The molecule has 2 heterocycles. The van der Waals surface area contributed by atoms with E-state index < -0.39 is 0 Å². The smallest absolute Gasteiger partial charge is 0.0483 e. The van der Waals surface area contributed by atoms with Crippen molar-refractivity contribution in [1.29, 1.82) is 0 Å². The predicted molar refractivity (Wildman–Crippen MR) is 86.3 cm³/mol. The predicted octanol–water partition coefficient (Wildman–Crippen LogP) is 3.78. The maximum absolute atomic E-state index is 2.46. The molecule has 1 aliphatic rings. The number of nitrogens with zero attached hydrogens (tertiary/aromatic N) is 2. The van der Waals surface area contributed by atoms with Crippen molar-refractivity contribution < 1.29 is 0 Å². The van der Waals surface area contributed by atoms with Crippen molar-refractivity contribution in [2.24, 2.45) is 0 Å². The van der Waals surface area contributed by atoms with Gasteiger partial charge in [0.05, 0.1) is 0 Å². The van der Waals surface area contributed by atoms with Crippen molar-refractivity contribution in [3.8, 4) is 11.3 Å². The first-order valence-corrected chi connectivity index (χ1v) is 6.22. The molecule has 1 aliphatic heterocycles. The Kier molecular flexibility index (Phi) is 4.12. The van der Waals surface area contributed by atoms with Crippen LogP contribution in [-0.2, 0) is 6.54 Å². The van der Waals surface area contributed by atoms with Crippen LogP contribution in [0.15, 0.2) is 42.5 Å². The van der Waals surface area contributed by atoms with Crippen molar-refractivity contribution in [2.45, 2.75) is 19.5 Å². The molecule has 3 heteroatoms. The Morgan fingerprint density at radius 3 is 2.44 bits per heavy atom. The number of benzene rings is 1. The highest BCUT2D eigenvalue weighted by Crippen LogP contribution is 2.30. The van der Waals surface area contributed by atoms with E-state index in [0.29, 0.717) is 6.04 Å². The highest BCUT2D eigenvalue weighted by atomic mass is 127. The van der Waals surface area contributed by atoms with E-state index in [0.717, 1.165) is 13.1 Å². The van der Waals surface area contributed by atoms with Crippen LogP contribution < -0.4 is 0 Å². The molecule has 96 valence electrons. The maximum atomic E-state index is 2.46. The Labute approximate surface area is 126 Å². The van der Waals surface area contributed by atoms with Gasteiger partial charge in [-0.05, 0) is 31.7 Å². The average Bonchev–Trinajstić information content (AvgIpc) is 2.79. The van der Waals surface area contributed by atoms with Crippen LogP contribution in [0.25, 0.3) is 11.3 Å². The van der Waals surface area contributed by atoms with E-state index in [9.17, 15) is 0 Å². The van der Waals surface area contributed by atoms with Gasteiger partial charge in [0.2, 0.25) is 0 Å². The highest BCUT2D eigenvalue weighted by Gasteiger charge is 2.22. The maximum Gasteiger partial charge on any atom is 0.0483 e. The van der Waals surface area contributed by atoms with Gasteiger partial charge in [-0.2, -0.15) is 0 Å². The SMILES string of the molecule is CC1c2ccc(-c3ccccc3)n2CCN1C.I. The van der Waals surface area contributed by atoms with Gasteiger partial charge in [0.15, 0.2) is 0 Å². The standard InChI is InChI=1S/C15H18N2.HI/c1-12-14-8-9-15(13-6-4-3-5-7-13)17(14)11-10-16(12)2;/h3-9,12H,10-11H2,1-2H3;1H. The largest absolute Gasteiger partial charge is 0.342 e. The third kappa shape index (κ3) is 2.21. The average molecular weight is 354 g/mol. The lowest BCUT2D eigenvalue weighted by Gasteiger charge is -2.32. The first kappa shape index (κ1) is 13.6. The molecule has 1 aromatic carbocycles. The number of aromatic nitrogens is 1. The molecule has 0 aliphatic carbocycles. The van der Waals surface area contributed by atoms with E-state index >= 15 is 0 Å². The minimum Gasteiger partial charge on any atom is -0.342 e. The summed E-state index contributed by atoms with van der Waals surface area (Å²) in [6.07, 6.45) is 0. The summed E-state index contributed by atoms with van der Waals surface area (Å²) in [5.41, 5.74) is 4.09. The lowest BCUT2D eigenvalue weighted by molar-refractivity contribution is 0.212. The zero-order chi connectivity index (χ0) is 11.8. The molecule has 1 unspecified atom stereocenters. The van der Waals surface area contributed by atoms with Gasteiger partial charge < -0.3 is 4.57 Å². The van der Waals surface area contributed by atoms with Crippen LogP contribution in [0.5, 0.6) is 0 Å². The molecule has 0 saturated carbocycles. The molecule has 2 aromatic rings. The van der Waals surface area contributed by atoms with Gasteiger partial charge >= 0.3 is 0 Å². The van der Waals surface area contributed by atoms with E-state index in [1.54, 1.807) is 0 Å². The summed E-state index contributed by atoms with van der Waals surface area (Å²) in [5, 5.41) is 0. The van der Waals surface area contributed by atoms with E-state index in [1.807, 2.05) is 0 Å². The second-order valence-electron chi connectivity index (χ2n) is 4.82. The minimum atomic E-state index is 0. The Morgan fingerprint density at radius 2 is 1.72 bits per heavy atom. The molecule has 0 spiro atoms. The molecule has 0 bridgehead atoms. The molecule has 2 nitrogen and oxygen atoms in total. The molecule has 1 aromatic heterocycles. The van der Waals surface area contributed by atoms with Gasteiger partial charge in [-0.15, -0.1) is 24.0 Å². The number of likely N-dealkylation sites (N-methyl/N-ethyl adjacent to an activating group) is 1. The van der Waals surface area contributed by atoms with Crippen molar-refractivity contribution in [2.75, 3.05) is 13.6 Å². The summed E-state index contributed by atoms with van der Waals surface area (Å²) in [6, 6.07) is 15.7. The summed E-state index contributed by atoms with van der Waals surface area (Å²) in [5.74, 6) is 0. The number of rotatable bonds is 1. The fourth-order valence-electron chi connectivity index (χ4n) is 2.64. The fourth-order valence-corrected chi connectivity index (χ4v) is 2.64. The second-order valence-corrected chi connectivity index (χ2v) is 4.82. The molecule has 3 rings (SSSR count).